The number of hydrogen-bond donors (Lipinski definition) is 0. The van der Waals surface area contributed by atoms with Crippen molar-refractivity contribution in [2.24, 2.45) is 0 Å². The molecule has 0 rings (SSSR count). The number of carboxylic acid groups (broad SMARTS) is 1. The Morgan fingerprint density at radius 2 is 2.11 bits per heavy atom. The van der Waals surface area contributed by atoms with Gasteiger partial charge in [0.25, 0.3) is 0 Å². The van der Waals surface area contributed by atoms with E-state index in [1.807, 2.05) is 0 Å². The zero-order chi connectivity index (χ0) is 7.28. The first-order valence-corrected chi connectivity index (χ1v) is 2.69. The summed E-state index contributed by atoms with van der Waals surface area (Å²) in [6.07, 6.45) is 2.10. The molecule has 0 aromatic rings. The number of allylic oxidation sites excluding steroid dienone is 1. The number of halogens is 1. The van der Waals surface area contributed by atoms with E-state index in [-0.39, 0.29) is 5.88 Å². The molecule has 0 fully saturated rings. The van der Waals surface area contributed by atoms with Crippen LogP contribution in [-0.2, 0) is 9.59 Å². The maximum Gasteiger partial charge on any atom is 0.200 e. The molecule has 0 saturated carbocycles. The fraction of sp³-hybridized carbons (Fsp3) is 0.200. The molecular weight excluding hydrogens is 144 g/mol. The van der Waals surface area contributed by atoms with Gasteiger partial charge in [-0.25, -0.2) is 0 Å². The minimum atomic E-state index is -1.71. The third kappa shape index (κ3) is 3.73. The Hall–Kier alpha value is -0.830. The lowest BCUT2D eigenvalue weighted by atomic mass is 10.4. The highest BCUT2D eigenvalue weighted by atomic mass is 35.5. The van der Waals surface area contributed by atoms with Gasteiger partial charge in [-0.2, -0.15) is 0 Å². The standard InChI is InChI=1S/C5H5ClO3/c6-3-1-2-4(7)5(8)9/h1-2H,3H2,(H,8,9)/p-1/b2-1-. The monoisotopic (exact) mass is 147 g/mol. The van der Waals surface area contributed by atoms with Gasteiger partial charge in [-0.3, -0.25) is 4.79 Å². The van der Waals surface area contributed by atoms with Crippen LogP contribution >= 0.6 is 11.6 Å². The molecule has 0 aliphatic rings. The summed E-state index contributed by atoms with van der Waals surface area (Å²) in [5.41, 5.74) is 0. The van der Waals surface area contributed by atoms with Crippen LogP contribution in [0.5, 0.6) is 0 Å². The number of rotatable bonds is 3. The molecule has 0 saturated heterocycles. The second-order valence-electron chi connectivity index (χ2n) is 1.21. The highest BCUT2D eigenvalue weighted by Gasteiger charge is 1.92. The van der Waals surface area contributed by atoms with E-state index in [0.717, 1.165) is 6.08 Å². The van der Waals surface area contributed by atoms with Crippen molar-refractivity contribution in [2.75, 3.05) is 5.88 Å². The molecule has 0 unspecified atom stereocenters. The predicted molar refractivity (Wildman–Crippen MR) is 29.9 cm³/mol. The lowest BCUT2D eigenvalue weighted by Crippen LogP contribution is -2.30. The van der Waals surface area contributed by atoms with E-state index < -0.39 is 11.8 Å². The quantitative estimate of drug-likeness (QED) is 0.295. The van der Waals surface area contributed by atoms with Crippen LogP contribution in [-0.4, -0.2) is 17.6 Å². The van der Waals surface area contributed by atoms with Crippen molar-refractivity contribution in [3.05, 3.63) is 12.2 Å². The maximum absolute atomic E-state index is 10.1. The SMILES string of the molecule is O=C([O-])C(=O)/C=C\CCl. The van der Waals surface area contributed by atoms with Crippen LogP contribution < -0.4 is 5.11 Å². The van der Waals surface area contributed by atoms with Crippen molar-refractivity contribution in [3.8, 4) is 0 Å². The van der Waals surface area contributed by atoms with Crippen LogP contribution in [0, 0.1) is 0 Å². The molecule has 0 aliphatic carbocycles. The number of carbonyl (C=O) groups excluding carboxylic acids is 2. The Morgan fingerprint density at radius 3 is 2.44 bits per heavy atom. The van der Waals surface area contributed by atoms with Gasteiger partial charge in [-0.15, -0.1) is 11.6 Å². The predicted octanol–water partition coefficient (Wildman–Crippen LogP) is -0.900. The van der Waals surface area contributed by atoms with E-state index >= 15 is 0 Å². The van der Waals surface area contributed by atoms with Gasteiger partial charge in [0.05, 0.1) is 0 Å². The highest BCUT2D eigenvalue weighted by Crippen LogP contribution is 1.78. The van der Waals surface area contributed by atoms with E-state index in [4.69, 9.17) is 11.6 Å². The van der Waals surface area contributed by atoms with E-state index in [9.17, 15) is 14.7 Å². The molecule has 0 bridgehead atoms. The van der Waals surface area contributed by atoms with Gasteiger partial charge in [-0.05, 0) is 6.08 Å². The van der Waals surface area contributed by atoms with Gasteiger partial charge < -0.3 is 9.90 Å². The summed E-state index contributed by atoms with van der Waals surface area (Å²) < 4.78 is 0. The van der Waals surface area contributed by atoms with Crippen molar-refractivity contribution in [2.45, 2.75) is 0 Å². The molecule has 9 heavy (non-hydrogen) atoms. The van der Waals surface area contributed by atoms with Crippen molar-refractivity contribution in [1.29, 1.82) is 0 Å². The summed E-state index contributed by atoms with van der Waals surface area (Å²) in [5, 5.41) is 9.65. The van der Waals surface area contributed by atoms with Gasteiger partial charge in [0.2, 0.25) is 5.78 Å². The normalized spacial score (nSPS) is 9.89. The lowest BCUT2D eigenvalue weighted by Gasteiger charge is -1.90. The average molecular weight is 148 g/mol. The van der Waals surface area contributed by atoms with Gasteiger partial charge in [0.15, 0.2) is 0 Å². The van der Waals surface area contributed by atoms with Crippen molar-refractivity contribution in [3.63, 3.8) is 0 Å². The molecule has 0 aliphatic heterocycles. The van der Waals surface area contributed by atoms with Crippen molar-refractivity contribution >= 4 is 23.4 Å². The van der Waals surface area contributed by atoms with Crippen molar-refractivity contribution < 1.29 is 14.7 Å². The average Bonchev–Trinajstić information content (AvgIpc) is 1.82. The molecule has 4 heteroatoms. The first-order chi connectivity index (χ1) is 4.18. The zero-order valence-corrected chi connectivity index (χ0v) is 5.22. The molecule has 0 spiro atoms. The molecule has 0 heterocycles. The minimum absolute atomic E-state index is 0.124. The molecule has 3 nitrogen and oxygen atoms in total. The first kappa shape index (κ1) is 8.17. The summed E-state index contributed by atoms with van der Waals surface area (Å²) in [6.45, 7) is 0. The highest BCUT2D eigenvalue weighted by molar-refractivity contribution is 6.36. The lowest BCUT2D eigenvalue weighted by molar-refractivity contribution is -0.299. The van der Waals surface area contributed by atoms with E-state index in [1.165, 1.54) is 6.08 Å². The molecule has 0 radical (unpaired) electrons. The van der Waals surface area contributed by atoms with E-state index in [2.05, 4.69) is 0 Å². The third-order valence-electron chi connectivity index (χ3n) is 0.559. The molecule has 0 N–H and O–H groups in total. The number of hydrogen-bond acceptors (Lipinski definition) is 3. The Bertz CT molecular complexity index is 150. The van der Waals surface area contributed by atoms with Crippen LogP contribution in [0.25, 0.3) is 0 Å². The number of carboxylic acids is 1. The minimum Gasteiger partial charge on any atom is -0.541 e. The van der Waals surface area contributed by atoms with Crippen molar-refractivity contribution in [1.82, 2.24) is 0 Å². The summed E-state index contributed by atoms with van der Waals surface area (Å²) in [7, 11) is 0. The van der Waals surface area contributed by atoms with Gasteiger partial charge in [0.1, 0.15) is 5.97 Å². The van der Waals surface area contributed by atoms with Crippen LogP contribution in [0.1, 0.15) is 0 Å². The molecule has 50 valence electrons. The van der Waals surface area contributed by atoms with Crippen LogP contribution in [0.2, 0.25) is 0 Å². The number of alkyl halides is 1. The third-order valence-corrected chi connectivity index (χ3v) is 0.738. The fourth-order valence-corrected chi connectivity index (χ4v) is 0.309. The smallest absolute Gasteiger partial charge is 0.200 e. The largest absolute Gasteiger partial charge is 0.541 e. The van der Waals surface area contributed by atoms with Gasteiger partial charge >= 0.3 is 0 Å². The van der Waals surface area contributed by atoms with Crippen LogP contribution in [0.15, 0.2) is 12.2 Å². The summed E-state index contributed by atoms with van der Waals surface area (Å²) in [4.78, 5) is 19.7. The van der Waals surface area contributed by atoms with E-state index in [0.29, 0.717) is 0 Å². The molecule has 0 aromatic heterocycles. The zero-order valence-electron chi connectivity index (χ0n) is 4.46. The molecule has 0 atom stereocenters. The fourth-order valence-electron chi connectivity index (χ4n) is 0.220. The Labute approximate surface area is 56.9 Å². The molecular formula is C5H4ClO3-. The summed E-state index contributed by atoms with van der Waals surface area (Å²) in [6, 6.07) is 0. The number of carbonyl (C=O) groups is 2. The second-order valence-corrected chi connectivity index (χ2v) is 1.52. The summed E-state index contributed by atoms with van der Waals surface area (Å²) >= 11 is 5.10. The Morgan fingerprint density at radius 1 is 1.56 bits per heavy atom. The molecule has 0 aromatic carbocycles. The Kier molecular flexibility index (Phi) is 3.71. The molecule has 0 amide bonds. The van der Waals surface area contributed by atoms with Gasteiger partial charge in [-0.1, -0.05) is 6.08 Å². The first-order valence-electron chi connectivity index (χ1n) is 2.16. The van der Waals surface area contributed by atoms with Gasteiger partial charge in [0, 0.05) is 5.88 Å². The van der Waals surface area contributed by atoms with Crippen LogP contribution in [0.4, 0.5) is 0 Å². The summed E-state index contributed by atoms with van der Waals surface area (Å²) in [5.74, 6) is -2.65. The maximum atomic E-state index is 10.1. The topological polar surface area (TPSA) is 57.2 Å². The van der Waals surface area contributed by atoms with E-state index in [1.54, 1.807) is 0 Å². The van der Waals surface area contributed by atoms with Crippen LogP contribution in [0.3, 0.4) is 0 Å². The Balaban J connectivity index is 3.77. The second kappa shape index (κ2) is 4.09. The number of ketones is 1. The number of aliphatic carboxylic acids is 1.